The lowest BCUT2D eigenvalue weighted by Gasteiger charge is -2.23. The number of carbonyl (C=O) groups is 1. The van der Waals surface area contributed by atoms with E-state index in [4.69, 9.17) is 9.56 Å². The number of hydrogen-bond donors (Lipinski definition) is 2. The van der Waals surface area contributed by atoms with Gasteiger partial charge in [-0.2, -0.15) is 0 Å². The van der Waals surface area contributed by atoms with Crippen molar-refractivity contribution in [3.05, 3.63) is 150 Å². The molecule has 0 spiro atoms. The Morgan fingerprint density at radius 2 is 1.31 bits per heavy atom. The van der Waals surface area contributed by atoms with E-state index >= 15 is 0 Å². The van der Waals surface area contributed by atoms with Crippen LogP contribution in [0.3, 0.4) is 0 Å². The van der Waals surface area contributed by atoms with E-state index in [0.717, 1.165) is 27.3 Å². The maximum atomic E-state index is 13.2. The molecule has 6 rings (SSSR count). The van der Waals surface area contributed by atoms with Gasteiger partial charge >= 0.3 is 0 Å². The van der Waals surface area contributed by atoms with Crippen LogP contribution >= 0.6 is 11.8 Å². The van der Waals surface area contributed by atoms with Crippen molar-refractivity contribution in [2.45, 2.75) is 27.8 Å². The summed E-state index contributed by atoms with van der Waals surface area (Å²) >= 11 is 1.72. The van der Waals surface area contributed by atoms with Gasteiger partial charge in [-0.15, -0.1) is 11.8 Å². The first-order valence-corrected chi connectivity index (χ1v) is 19.3. The minimum atomic E-state index is -4.15. The zero-order valence-corrected chi connectivity index (χ0v) is 28.7. The number of primary sulfonamides is 1. The van der Waals surface area contributed by atoms with E-state index in [-0.39, 0.29) is 15.4 Å². The minimum Gasteiger partial charge on any atom is -0.456 e. The largest absolute Gasteiger partial charge is 0.456 e. The van der Waals surface area contributed by atoms with Crippen molar-refractivity contribution in [1.29, 1.82) is 0 Å². The Kier molecular flexibility index (Phi) is 10.3. The van der Waals surface area contributed by atoms with E-state index in [9.17, 15) is 21.6 Å². The average Bonchev–Trinajstić information content (AvgIpc) is 3.53. The maximum absolute atomic E-state index is 13.2. The van der Waals surface area contributed by atoms with Crippen molar-refractivity contribution in [2.75, 3.05) is 12.3 Å². The number of nitrogens with zero attached hydrogens (tertiary/aromatic N) is 1. The van der Waals surface area contributed by atoms with Crippen LogP contribution in [0.2, 0.25) is 0 Å². The van der Waals surface area contributed by atoms with E-state index in [1.807, 2.05) is 54.6 Å². The Bertz CT molecular complexity index is 2280. The number of nitrogens with one attached hydrogen (secondary N) is 1. The van der Waals surface area contributed by atoms with Gasteiger partial charge in [0.05, 0.1) is 9.79 Å². The molecule has 0 aliphatic carbocycles. The topological polar surface area (TPSA) is 140 Å². The maximum Gasteiger partial charge on any atom is 0.265 e. The zero-order valence-electron chi connectivity index (χ0n) is 26.2. The van der Waals surface area contributed by atoms with Crippen molar-refractivity contribution < 1.29 is 26.0 Å². The first-order valence-electron chi connectivity index (χ1n) is 15.3. The molecule has 1 amide bonds. The summed E-state index contributed by atoms with van der Waals surface area (Å²) < 4.78 is 57.9. The lowest BCUT2D eigenvalue weighted by molar-refractivity contribution is 0.0981. The van der Waals surface area contributed by atoms with Crippen LogP contribution < -0.4 is 9.86 Å². The third-order valence-electron chi connectivity index (χ3n) is 7.78. The lowest BCUT2D eigenvalue weighted by Crippen LogP contribution is -2.30. The molecule has 49 heavy (non-hydrogen) atoms. The van der Waals surface area contributed by atoms with Gasteiger partial charge in [0.2, 0.25) is 10.0 Å². The second-order valence-corrected chi connectivity index (χ2v) is 15.8. The Morgan fingerprint density at radius 1 is 0.714 bits per heavy atom. The predicted octanol–water partition coefficient (Wildman–Crippen LogP) is 6.66. The van der Waals surface area contributed by atoms with E-state index in [1.54, 1.807) is 48.2 Å². The molecule has 0 aliphatic rings. The van der Waals surface area contributed by atoms with Crippen molar-refractivity contribution in [3.8, 4) is 11.3 Å². The molecule has 6 aromatic rings. The smallest absolute Gasteiger partial charge is 0.265 e. The first-order chi connectivity index (χ1) is 23.5. The summed E-state index contributed by atoms with van der Waals surface area (Å²) in [5.74, 6) is 0.703. The monoisotopic (exact) mass is 711 g/mol. The molecule has 0 saturated heterocycles. The second-order valence-electron chi connectivity index (χ2n) is 11.4. The molecule has 250 valence electrons. The molecule has 12 heteroatoms. The number of hydrogen-bond acceptors (Lipinski definition) is 8. The molecule has 0 unspecified atom stereocenters. The van der Waals surface area contributed by atoms with Crippen LogP contribution in [0.25, 0.3) is 22.3 Å². The molecule has 1 aromatic heterocycles. The Labute approximate surface area is 289 Å². The van der Waals surface area contributed by atoms with E-state index in [2.05, 4.69) is 21.8 Å². The number of carbonyl (C=O) groups excluding carboxylic acids is 1. The fourth-order valence-corrected chi connectivity index (χ4v) is 7.69. The number of amides is 1. The number of fused-ring (bicyclic) bond motifs is 1. The molecule has 0 saturated carbocycles. The fraction of sp³-hybridized carbons (Fsp3) is 0.108. The number of thioether (sulfide) groups is 1. The molecule has 0 radical (unpaired) electrons. The quantitative estimate of drug-likeness (QED) is 0.127. The summed E-state index contributed by atoms with van der Waals surface area (Å²) in [6.07, 6.45) is 0. The van der Waals surface area contributed by atoms with Gasteiger partial charge in [0.1, 0.15) is 11.3 Å². The molecule has 0 atom stereocenters. The summed E-state index contributed by atoms with van der Waals surface area (Å²) in [5.41, 5.74) is 3.44. The first kappa shape index (κ1) is 34.2. The molecule has 5 aromatic carbocycles. The number of rotatable bonds is 13. The van der Waals surface area contributed by atoms with Crippen molar-refractivity contribution in [3.63, 3.8) is 0 Å². The fourth-order valence-electron chi connectivity index (χ4n) is 5.27. The predicted molar refractivity (Wildman–Crippen MR) is 192 cm³/mol. The van der Waals surface area contributed by atoms with Gasteiger partial charge in [0.15, 0.2) is 0 Å². The van der Waals surface area contributed by atoms with E-state index < -0.39 is 26.0 Å². The summed E-state index contributed by atoms with van der Waals surface area (Å²) in [7, 11) is -7.95. The van der Waals surface area contributed by atoms with Gasteiger partial charge in [-0.25, -0.2) is 26.7 Å². The molecule has 0 bridgehead atoms. The van der Waals surface area contributed by atoms with Gasteiger partial charge in [-0.1, -0.05) is 72.8 Å². The van der Waals surface area contributed by atoms with E-state index in [0.29, 0.717) is 36.4 Å². The van der Waals surface area contributed by atoms with Crippen LogP contribution in [-0.2, 0) is 33.1 Å². The zero-order chi connectivity index (χ0) is 34.4. The second kappa shape index (κ2) is 14.8. The molecule has 0 fully saturated rings. The summed E-state index contributed by atoms with van der Waals surface area (Å²) in [6.45, 7) is 1.75. The Hall–Kier alpha value is -4.72. The standard InChI is InChI=1S/C37H33N3O6S3/c38-48(42,43)33-16-11-27(12-17-33)25-40(21-22-47-32-9-5-2-6-10-32)26-28-13-18-34(19-14-28)49(44,45)39-37(41)30-15-20-35-31(23-30)24-36(46-35)29-7-3-1-4-8-29/h1-20,23-24H,21-22,25-26H2,(H,39,41)(H2,38,42,43). The van der Waals surface area contributed by atoms with Crippen molar-refractivity contribution in [2.24, 2.45) is 5.14 Å². The van der Waals surface area contributed by atoms with Gasteiger partial charge < -0.3 is 4.42 Å². The average molecular weight is 712 g/mol. The Morgan fingerprint density at radius 3 is 1.92 bits per heavy atom. The molecule has 1 heterocycles. The normalized spacial score (nSPS) is 12.0. The molecule has 0 aliphatic heterocycles. The summed E-state index contributed by atoms with van der Waals surface area (Å²) in [4.78, 5) is 16.4. The summed E-state index contributed by atoms with van der Waals surface area (Å²) in [5, 5.41) is 5.94. The molecule has 3 N–H and O–H groups in total. The van der Waals surface area contributed by atoms with Crippen molar-refractivity contribution in [1.82, 2.24) is 9.62 Å². The summed E-state index contributed by atoms with van der Waals surface area (Å²) in [6, 6.07) is 39.1. The third kappa shape index (κ3) is 8.85. The molecular weight excluding hydrogens is 679 g/mol. The van der Waals surface area contributed by atoms with Crippen LogP contribution in [0.5, 0.6) is 0 Å². The van der Waals surface area contributed by atoms with Gasteiger partial charge in [-0.3, -0.25) is 9.69 Å². The van der Waals surface area contributed by atoms with Crippen LogP contribution in [0.15, 0.2) is 153 Å². The highest BCUT2D eigenvalue weighted by molar-refractivity contribution is 7.99. The van der Waals surface area contributed by atoms with Crippen LogP contribution in [0.4, 0.5) is 0 Å². The van der Waals surface area contributed by atoms with Crippen LogP contribution in [0.1, 0.15) is 21.5 Å². The van der Waals surface area contributed by atoms with Crippen molar-refractivity contribution >= 4 is 48.7 Å². The SMILES string of the molecule is NS(=O)(=O)c1ccc(CN(CCSc2ccccc2)Cc2ccc(S(=O)(=O)NC(=O)c3ccc4oc(-c5ccccc5)cc4c3)cc2)cc1. The Balaban J connectivity index is 1.13. The van der Waals surface area contributed by atoms with Gasteiger partial charge in [0.25, 0.3) is 15.9 Å². The third-order valence-corrected chi connectivity index (χ3v) is 11.0. The highest BCUT2D eigenvalue weighted by Gasteiger charge is 2.20. The van der Waals surface area contributed by atoms with E-state index in [1.165, 1.54) is 30.3 Å². The number of nitrogens with two attached hydrogens (primary N) is 1. The van der Waals surface area contributed by atoms with Gasteiger partial charge in [0, 0.05) is 46.8 Å². The lowest BCUT2D eigenvalue weighted by atomic mass is 10.1. The number of furan rings is 1. The molecular formula is C37H33N3O6S3. The highest BCUT2D eigenvalue weighted by atomic mass is 32.2. The van der Waals surface area contributed by atoms with Gasteiger partial charge in [-0.05, 0) is 71.8 Å². The highest BCUT2D eigenvalue weighted by Crippen LogP contribution is 2.28. The number of sulfonamides is 2. The minimum absolute atomic E-state index is 0.0369. The van der Waals surface area contributed by atoms with Crippen LogP contribution in [-0.4, -0.2) is 39.9 Å². The van der Waals surface area contributed by atoms with Crippen LogP contribution in [0, 0.1) is 0 Å². The molecule has 9 nitrogen and oxygen atoms in total. The number of benzene rings is 5.